The number of benzene rings is 2. The first-order chi connectivity index (χ1) is 15.3. The fourth-order valence-corrected chi connectivity index (χ4v) is 3.88. The Morgan fingerprint density at radius 1 is 1.03 bits per heavy atom. The molecule has 2 aromatic rings. The van der Waals surface area contributed by atoms with Crippen LogP contribution in [0.1, 0.15) is 49.3 Å². The van der Waals surface area contributed by atoms with Gasteiger partial charge in [0.2, 0.25) is 0 Å². The molecule has 2 amide bonds. The highest BCUT2D eigenvalue weighted by molar-refractivity contribution is 5.90. The smallest absolute Gasteiger partial charge is 0.318 e. The van der Waals surface area contributed by atoms with Crippen LogP contribution in [0.15, 0.2) is 54.6 Å². The van der Waals surface area contributed by atoms with Crippen molar-refractivity contribution in [2.45, 2.75) is 44.2 Å². The van der Waals surface area contributed by atoms with Gasteiger partial charge >= 0.3 is 6.03 Å². The Balaban J connectivity index is 1.55. The van der Waals surface area contributed by atoms with Crippen molar-refractivity contribution in [3.63, 3.8) is 0 Å². The molecule has 1 heterocycles. The summed E-state index contributed by atoms with van der Waals surface area (Å²) in [5.41, 5.74) is 1.70. The molecule has 6 nitrogen and oxygen atoms in total. The maximum Gasteiger partial charge on any atom is 0.318 e. The number of piperidine rings is 1. The van der Waals surface area contributed by atoms with Crippen molar-refractivity contribution in [1.29, 1.82) is 0 Å². The van der Waals surface area contributed by atoms with Crippen molar-refractivity contribution in [2.24, 2.45) is 0 Å². The molecular formula is C26H30N2O4. The van der Waals surface area contributed by atoms with E-state index in [2.05, 4.69) is 29.3 Å². The molecular weight excluding hydrogens is 404 g/mol. The van der Waals surface area contributed by atoms with Gasteiger partial charge in [-0.15, -0.1) is 0 Å². The van der Waals surface area contributed by atoms with Gasteiger partial charge in [-0.1, -0.05) is 42.2 Å². The topological polar surface area (TPSA) is 89.9 Å². The Bertz CT molecular complexity index is 976. The number of likely N-dealkylation sites (tertiary alicyclic amines) is 1. The number of Topliss-reactive ketones (excluding diaryl/α,β-unsaturated/α-hetero) is 1. The lowest BCUT2D eigenvalue weighted by atomic mass is 9.89. The van der Waals surface area contributed by atoms with Gasteiger partial charge in [0.25, 0.3) is 0 Å². The largest absolute Gasteiger partial charge is 0.388 e. The number of nitrogens with one attached hydrogen (secondary N) is 1. The van der Waals surface area contributed by atoms with Gasteiger partial charge < -0.3 is 20.4 Å². The lowest BCUT2D eigenvalue weighted by Gasteiger charge is -2.35. The predicted molar refractivity (Wildman–Crippen MR) is 123 cm³/mol. The summed E-state index contributed by atoms with van der Waals surface area (Å²) in [6.45, 7) is 3.25. The van der Waals surface area contributed by atoms with Gasteiger partial charge in [-0.25, -0.2) is 4.79 Å². The third kappa shape index (κ3) is 6.19. The number of urea groups is 1. The highest BCUT2D eigenvalue weighted by Crippen LogP contribution is 2.28. The van der Waals surface area contributed by atoms with Gasteiger partial charge in [-0.3, -0.25) is 4.79 Å². The first-order valence-corrected chi connectivity index (χ1v) is 10.9. The third-order valence-corrected chi connectivity index (χ3v) is 5.74. The Kier molecular flexibility index (Phi) is 7.68. The quantitative estimate of drug-likeness (QED) is 0.631. The zero-order chi connectivity index (χ0) is 23.1. The molecule has 0 aromatic heterocycles. The fraction of sp³-hybridized carbons (Fsp3) is 0.385. The van der Waals surface area contributed by atoms with Crippen LogP contribution in [-0.4, -0.2) is 58.3 Å². The molecule has 0 unspecified atom stereocenters. The first-order valence-electron chi connectivity index (χ1n) is 10.9. The first kappa shape index (κ1) is 23.5. The third-order valence-electron chi connectivity index (χ3n) is 5.74. The fourth-order valence-electron chi connectivity index (χ4n) is 3.88. The molecule has 3 N–H and O–H groups in total. The van der Waals surface area contributed by atoms with Crippen LogP contribution in [-0.2, 0) is 4.79 Å². The van der Waals surface area contributed by atoms with Crippen LogP contribution < -0.4 is 5.32 Å². The standard InChI is InChI=1S/C26H30N2O4/c1-26(2,32)24(23(30)18-29)27-25(31)28-16-14-22(15-17-28)21-12-10-20(11-13-21)9-8-19-6-4-3-5-7-19/h3-7,10-13,22,24,29,32H,14-18H2,1-2H3,(H,27,31)/t24-/m1/s1. The zero-order valence-electron chi connectivity index (χ0n) is 18.5. The van der Waals surface area contributed by atoms with E-state index in [9.17, 15) is 14.7 Å². The van der Waals surface area contributed by atoms with Gasteiger partial charge in [0.1, 0.15) is 12.6 Å². The van der Waals surface area contributed by atoms with E-state index >= 15 is 0 Å². The van der Waals surface area contributed by atoms with Gasteiger partial charge in [-0.2, -0.15) is 0 Å². The second kappa shape index (κ2) is 10.4. The number of carbonyl (C=O) groups excluding carboxylic acids is 2. The number of nitrogens with zero attached hydrogens (tertiary/aromatic N) is 1. The molecule has 1 fully saturated rings. The van der Waals surface area contributed by atoms with Gasteiger partial charge in [0.15, 0.2) is 5.78 Å². The van der Waals surface area contributed by atoms with Crippen molar-refractivity contribution in [1.82, 2.24) is 10.2 Å². The van der Waals surface area contributed by atoms with E-state index in [1.54, 1.807) is 4.90 Å². The Morgan fingerprint density at radius 2 is 1.59 bits per heavy atom. The van der Waals surface area contributed by atoms with Crippen molar-refractivity contribution in [3.8, 4) is 11.8 Å². The van der Waals surface area contributed by atoms with Crippen LogP contribution in [0.3, 0.4) is 0 Å². The summed E-state index contributed by atoms with van der Waals surface area (Å²) in [4.78, 5) is 26.2. The second-order valence-electron chi connectivity index (χ2n) is 8.66. The minimum absolute atomic E-state index is 0.347. The number of hydrogen-bond donors (Lipinski definition) is 3. The number of aliphatic hydroxyl groups is 2. The number of aliphatic hydroxyl groups excluding tert-OH is 1. The van der Waals surface area contributed by atoms with Crippen LogP contribution in [0.25, 0.3) is 0 Å². The van der Waals surface area contributed by atoms with Crippen LogP contribution in [0, 0.1) is 11.8 Å². The average Bonchev–Trinajstić information content (AvgIpc) is 2.81. The van der Waals surface area contributed by atoms with Crippen LogP contribution in [0.5, 0.6) is 0 Å². The van der Waals surface area contributed by atoms with Gasteiger partial charge in [0, 0.05) is 24.2 Å². The minimum atomic E-state index is -1.46. The SMILES string of the molecule is CC(C)(O)[C@H](NC(=O)N1CCC(c2ccc(C#Cc3ccccc3)cc2)CC1)C(=O)CO. The summed E-state index contributed by atoms with van der Waals surface area (Å²) in [5, 5.41) is 21.9. The number of rotatable bonds is 5. The summed E-state index contributed by atoms with van der Waals surface area (Å²) in [6.07, 6.45) is 1.62. The molecule has 1 saturated heterocycles. The predicted octanol–water partition coefficient (Wildman–Crippen LogP) is 2.68. The van der Waals surface area contributed by atoms with Gasteiger partial charge in [-0.05, 0) is 62.4 Å². The molecule has 0 spiro atoms. The molecule has 1 aliphatic heterocycles. The number of ketones is 1. The van der Waals surface area contributed by atoms with Crippen LogP contribution in [0.4, 0.5) is 4.79 Å². The van der Waals surface area contributed by atoms with E-state index in [4.69, 9.17) is 5.11 Å². The summed E-state index contributed by atoms with van der Waals surface area (Å²) in [6, 6.07) is 16.6. The molecule has 1 atom stereocenters. The minimum Gasteiger partial charge on any atom is -0.388 e. The monoisotopic (exact) mass is 434 g/mol. The number of amides is 2. The lowest BCUT2D eigenvalue weighted by molar-refractivity contribution is -0.129. The molecule has 1 aliphatic rings. The maximum atomic E-state index is 12.6. The summed E-state index contributed by atoms with van der Waals surface area (Å²) in [7, 11) is 0. The Morgan fingerprint density at radius 3 is 2.12 bits per heavy atom. The van der Waals surface area contributed by atoms with E-state index in [1.807, 2.05) is 42.5 Å². The van der Waals surface area contributed by atoms with Crippen LogP contribution >= 0.6 is 0 Å². The second-order valence-corrected chi connectivity index (χ2v) is 8.66. The maximum absolute atomic E-state index is 12.6. The van der Waals surface area contributed by atoms with Gasteiger partial charge in [0.05, 0.1) is 5.60 Å². The Labute approximate surface area is 189 Å². The molecule has 0 radical (unpaired) electrons. The molecule has 0 saturated carbocycles. The molecule has 6 heteroatoms. The number of hydrogen-bond acceptors (Lipinski definition) is 4. The van der Waals surface area contributed by atoms with Crippen molar-refractivity contribution in [2.75, 3.05) is 19.7 Å². The van der Waals surface area contributed by atoms with E-state index in [1.165, 1.54) is 19.4 Å². The summed E-state index contributed by atoms with van der Waals surface area (Å²) >= 11 is 0. The highest BCUT2D eigenvalue weighted by atomic mass is 16.3. The normalized spacial score (nSPS) is 15.4. The average molecular weight is 435 g/mol. The van der Waals surface area contributed by atoms with Crippen molar-refractivity contribution < 1.29 is 19.8 Å². The molecule has 0 aliphatic carbocycles. The van der Waals surface area contributed by atoms with E-state index in [0.717, 1.165) is 24.0 Å². The van der Waals surface area contributed by atoms with Crippen LogP contribution in [0.2, 0.25) is 0 Å². The lowest BCUT2D eigenvalue weighted by Crippen LogP contribution is -2.58. The molecule has 2 aromatic carbocycles. The summed E-state index contributed by atoms with van der Waals surface area (Å²) in [5.74, 6) is 6.07. The molecule has 168 valence electrons. The molecule has 0 bridgehead atoms. The van der Waals surface area contributed by atoms with E-state index < -0.39 is 30.1 Å². The van der Waals surface area contributed by atoms with Crippen molar-refractivity contribution in [3.05, 3.63) is 71.3 Å². The Hall–Kier alpha value is -3.14. The zero-order valence-corrected chi connectivity index (χ0v) is 18.5. The molecule has 32 heavy (non-hydrogen) atoms. The van der Waals surface area contributed by atoms with E-state index in [-0.39, 0.29) is 0 Å². The molecule has 3 rings (SSSR count). The number of carbonyl (C=O) groups is 2. The van der Waals surface area contributed by atoms with Crippen molar-refractivity contribution >= 4 is 11.8 Å². The highest BCUT2D eigenvalue weighted by Gasteiger charge is 2.35. The summed E-state index contributed by atoms with van der Waals surface area (Å²) < 4.78 is 0. The van der Waals surface area contributed by atoms with E-state index in [0.29, 0.717) is 19.0 Å².